The fourth-order valence-electron chi connectivity index (χ4n) is 6.37. The number of aliphatic hydroxyl groups is 4. The first kappa shape index (κ1) is 47.0. The van der Waals surface area contributed by atoms with Gasteiger partial charge in [-0.1, -0.05) is 148 Å². The number of ether oxygens (including phenoxy) is 4. The van der Waals surface area contributed by atoms with Gasteiger partial charge in [-0.2, -0.15) is 0 Å². The Bertz CT molecular complexity index is 777. The Morgan fingerprint density at radius 2 is 1.10 bits per heavy atom. The predicted molar refractivity (Wildman–Crippen MR) is 201 cm³/mol. The van der Waals surface area contributed by atoms with E-state index in [1.807, 2.05) is 0 Å². The molecular formula is C41H78O9. The van der Waals surface area contributed by atoms with Gasteiger partial charge >= 0.3 is 5.97 Å². The number of hydrogen-bond donors (Lipinski definition) is 4. The third kappa shape index (κ3) is 25.0. The molecule has 1 fully saturated rings. The molecule has 6 unspecified atom stereocenters. The standard InChI is InChI=1S/C41H78O9/c1-3-5-7-9-11-13-15-17-18-19-20-22-24-26-28-30-37(43)49-35(34-48-41-40(46)39(45)38(44)36(32-42)50-41)33-47-31-29-27-25-23-21-16-14-12-10-8-6-4-2/h17-18,35-36,38-42,44-46H,3-16,19-34H2,1-2H3/b18-17-. The quantitative estimate of drug-likeness (QED) is 0.0290. The maximum absolute atomic E-state index is 12.7. The number of esters is 1. The van der Waals surface area contributed by atoms with E-state index < -0.39 is 43.4 Å². The second-order valence-corrected chi connectivity index (χ2v) is 14.4. The molecule has 0 aromatic rings. The maximum atomic E-state index is 12.7. The van der Waals surface area contributed by atoms with Crippen molar-refractivity contribution in [3.63, 3.8) is 0 Å². The first-order valence-corrected chi connectivity index (χ1v) is 20.8. The zero-order valence-corrected chi connectivity index (χ0v) is 32.2. The lowest BCUT2D eigenvalue weighted by Crippen LogP contribution is -2.59. The SMILES string of the molecule is CCCCCCCC/C=C\CCCCCCCC(=O)OC(COCCCCCCCCCCCCCC)COC1OC(CO)C(O)C(O)C1O. The number of unbranched alkanes of at least 4 members (excludes halogenated alkanes) is 22. The Balaban J connectivity index is 2.30. The summed E-state index contributed by atoms with van der Waals surface area (Å²) in [6, 6.07) is 0. The Hall–Kier alpha value is -1.07. The summed E-state index contributed by atoms with van der Waals surface area (Å²) in [7, 11) is 0. The molecule has 0 aromatic carbocycles. The molecule has 6 atom stereocenters. The molecule has 4 N–H and O–H groups in total. The highest BCUT2D eigenvalue weighted by atomic mass is 16.7. The van der Waals surface area contributed by atoms with Crippen molar-refractivity contribution in [3.8, 4) is 0 Å². The van der Waals surface area contributed by atoms with E-state index in [1.54, 1.807) is 0 Å². The molecule has 296 valence electrons. The molecule has 9 nitrogen and oxygen atoms in total. The van der Waals surface area contributed by atoms with Crippen molar-refractivity contribution in [2.24, 2.45) is 0 Å². The maximum Gasteiger partial charge on any atom is 0.306 e. The van der Waals surface area contributed by atoms with Crippen LogP contribution in [0.1, 0.15) is 181 Å². The second kappa shape index (κ2) is 33.7. The average molecular weight is 715 g/mol. The van der Waals surface area contributed by atoms with Crippen LogP contribution in [0.15, 0.2) is 12.2 Å². The van der Waals surface area contributed by atoms with Crippen LogP contribution in [0.3, 0.4) is 0 Å². The lowest BCUT2D eigenvalue weighted by molar-refractivity contribution is -0.305. The molecule has 1 aliphatic heterocycles. The van der Waals surface area contributed by atoms with Crippen molar-refractivity contribution in [3.05, 3.63) is 12.2 Å². The van der Waals surface area contributed by atoms with Gasteiger partial charge in [-0.05, 0) is 38.5 Å². The van der Waals surface area contributed by atoms with E-state index in [1.165, 1.54) is 116 Å². The average Bonchev–Trinajstić information content (AvgIpc) is 3.11. The number of carbonyl (C=O) groups excluding carboxylic acids is 1. The number of allylic oxidation sites excluding steroid dienone is 2. The molecule has 50 heavy (non-hydrogen) atoms. The van der Waals surface area contributed by atoms with Crippen LogP contribution in [-0.2, 0) is 23.7 Å². The summed E-state index contributed by atoms with van der Waals surface area (Å²) < 4.78 is 22.7. The molecular weight excluding hydrogens is 636 g/mol. The minimum Gasteiger partial charge on any atom is -0.457 e. The first-order valence-electron chi connectivity index (χ1n) is 20.8. The van der Waals surface area contributed by atoms with Gasteiger partial charge in [-0.15, -0.1) is 0 Å². The minimum atomic E-state index is -1.53. The van der Waals surface area contributed by atoms with Gasteiger partial charge in [-0.3, -0.25) is 4.79 Å². The zero-order chi connectivity index (χ0) is 36.5. The highest BCUT2D eigenvalue weighted by molar-refractivity contribution is 5.69. The summed E-state index contributed by atoms with van der Waals surface area (Å²) in [6.45, 7) is 4.55. The summed E-state index contributed by atoms with van der Waals surface area (Å²) >= 11 is 0. The van der Waals surface area contributed by atoms with E-state index in [4.69, 9.17) is 18.9 Å². The fraction of sp³-hybridized carbons (Fsp3) is 0.927. The van der Waals surface area contributed by atoms with Gasteiger partial charge in [0.15, 0.2) is 6.29 Å². The Morgan fingerprint density at radius 1 is 0.620 bits per heavy atom. The van der Waals surface area contributed by atoms with Crippen LogP contribution >= 0.6 is 0 Å². The molecule has 0 amide bonds. The van der Waals surface area contributed by atoms with Crippen LogP contribution < -0.4 is 0 Å². The lowest BCUT2D eigenvalue weighted by atomic mass is 9.99. The summed E-state index contributed by atoms with van der Waals surface area (Å²) in [6.07, 6.45) is 28.0. The molecule has 0 radical (unpaired) electrons. The number of aliphatic hydroxyl groups excluding tert-OH is 4. The lowest BCUT2D eigenvalue weighted by Gasteiger charge is -2.39. The normalized spacial score (nSPS) is 21.6. The van der Waals surface area contributed by atoms with Gasteiger partial charge in [-0.25, -0.2) is 0 Å². The highest BCUT2D eigenvalue weighted by Gasteiger charge is 2.44. The highest BCUT2D eigenvalue weighted by Crippen LogP contribution is 2.22. The molecule has 0 saturated carbocycles. The van der Waals surface area contributed by atoms with Crippen molar-refractivity contribution >= 4 is 5.97 Å². The Kier molecular flexibility index (Phi) is 31.7. The Morgan fingerprint density at radius 3 is 1.62 bits per heavy atom. The molecule has 0 bridgehead atoms. The van der Waals surface area contributed by atoms with E-state index in [0.29, 0.717) is 13.0 Å². The number of carbonyl (C=O) groups is 1. The van der Waals surface area contributed by atoms with Gasteiger partial charge in [0.2, 0.25) is 0 Å². The Labute approximate surface area is 305 Å². The van der Waals surface area contributed by atoms with Crippen molar-refractivity contribution < 1.29 is 44.2 Å². The topological polar surface area (TPSA) is 135 Å². The van der Waals surface area contributed by atoms with Crippen LogP contribution in [0.5, 0.6) is 0 Å². The van der Waals surface area contributed by atoms with Crippen LogP contribution in [0, 0.1) is 0 Å². The van der Waals surface area contributed by atoms with Crippen molar-refractivity contribution in [2.45, 2.75) is 218 Å². The van der Waals surface area contributed by atoms with Crippen LogP contribution in [0.4, 0.5) is 0 Å². The third-order valence-electron chi connectivity index (χ3n) is 9.68. The van der Waals surface area contributed by atoms with Crippen LogP contribution in [0.2, 0.25) is 0 Å². The van der Waals surface area contributed by atoms with Gasteiger partial charge in [0.05, 0.1) is 19.8 Å². The second-order valence-electron chi connectivity index (χ2n) is 14.4. The molecule has 1 heterocycles. The van der Waals surface area contributed by atoms with Crippen molar-refractivity contribution in [2.75, 3.05) is 26.4 Å². The van der Waals surface area contributed by atoms with Crippen LogP contribution in [-0.4, -0.2) is 89.6 Å². The zero-order valence-electron chi connectivity index (χ0n) is 32.2. The molecule has 0 aromatic heterocycles. The molecule has 0 aliphatic carbocycles. The fourth-order valence-corrected chi connectivity index (χ4v) is 6.37. The monoisotopic (exact) mass is 715 g/mol. The summed E-state index contributed by atoms with van der Waals surface area (Å²) in [4.78, 5) is 12.7. The molecule has 1 rings (SSSR count). The summed E-state index contributed by atoms with van der Waals surface area (Å²) in [5.74, 6) is -0.320. The van der Waals surface area contributed by atoms with Gasteiger partial charge in [0, 0.05) is 13.0 Å². The summed E-state index contributed by atoms with van der Waals surface area (Å²) in [5, 5.41) is 40.0. The summed E-state index contributed by atoms with van der Waals surface area (Å²) in [5.41, 5.74) is 0. The molecule has 9 heteroatoms. The first-order chi connectivity index (χ1) is 24.4. The third-order valence-corrected chi connectivity index (χ3v) is 9.68. The van der Waals surface area contributed by atoms with Gasteiger partial charge in [0.25, 0.3) is 0 Å². The van der Waals surface area contributed by atoms with Crippen molar-refractivity contribution in [1.29, 1.82) is 0 Å². The van der Waals surface area contributed by atoms with E-state index in [-0.39, 0.29) is 19.2 Å². The van der Waals surface area contributed by atoms with Crippen LogP contribution in [0.25, 0.3) is 0 Å². The smallest absolute Gasteiger partial charge is 0.306 e. The van der Waals surface area contributed by atoms with E-state index in [9.17, 15) is 25.2 Å². The number of rotatable bonds is 35. The molecule has 1 aliphatic rings. The van der Waals surface area contributed by atoms with Crippen molar-refractivity contribution in [1.82, 2.24) is 0 Å². The number of hydrogen-bond acceptors (Lipinski definition) is 9. The molecule has 0 spiro atoms. The predicted octanol–water partition coefficient (Wildman–Crippen LogP) is 8.47. The van der Waals surface area contributed by atoms with Gasteiger partial charge in [0.1, 0.15) is 30.5 Å². The van der Waals surface area contributed by atoms with E-state index in [0.717, 1.165) is 44.9 Å². The van der Waals surface area contributed by atoms with Gasteiger partial charge < -0.3 is 39.4 Å². The largest absolute Gasteiger partial charge is 0.457 e. The molecule has 1 saturated heterocycles. The van der Waals surface area contributed by atoms with E-state index in [2.05, 4.69) is 26.0 Å². The van der Waals surface area contributed by atoms with E-state index >= 15 is 0 Å². The minimum absolute atomic E-state index is 0.112.